The van der Waals surface area contributed by atoms with Gasteiger partial charge in [0.2, 0.25) is 0 Å². The number of hydrogen-bond acceptors (Lipinski definition) is 5. The minimum absolute atomic E-state index is 0.0900. The SMILES string of the molecule is O=C(c1ccccc1)c1ccc(OC[C@@H](O)CN2C(=O)c3ccccc3C2=O)cc1. The average Bonchev–Trinajstić information content (AvgIpc) is 3.03. The maximum atomic E-state index is 12.4. The maximum absolute atomic E-state index is 12.4. The third-order valence-electron chi connectivity index (χ3n) is 4.87. The molecule has 0 fully saturated rings. The number of fused-ring (bicyclic) bond motifs is 1. The number of β-amino-alcohol motifs (C(OH)–C–C–N with tert-alkyl or cyclic N) is 1. The first-order chi connectivity index (χ1) is 14.5. The van der Waals surface area contributed by atoms with E-state index in [4.69, 9.17) is 4.74 Å². The number of ketones is 1. The fourth-order valence-corrected chi connectivity index (χ4v) is 3.32. The second-order valence-corrected chi connectivity index (χ2v) is 6.95. The minimum Gasteiger partial charge on any atom is -0.491 e. The van der Waals surface area contributed by atoms with Crippen LogP contribution < -0.4 is 4.74 Å². The van der Waals surface area contributed by atoms with Crippen LogP contribution in [-0.2, 0) is 0 Å². The van der Waals surface area contributed by atoms with Crippen molar-refractivity contribution in [1.29, 1.82) is 0 Å². The van der Waals surface area contributed by atoms with Gasteiger partial charge < -0.3 is 9.84 Å². The first kappa shape index (κ1) is 19.5. The number of rotatable bonds is 7. The zero-order valence-electron chi connectivity index (χ0n) is 16.0. The normalized spacial score (nSPS) is 13.8. The molecule has 0 spiro atoms. The summed E-state index contributed by atoms with van der Waals surface area (Å²) in [4.78, 5) is 38.2. The van der Waals surface area contributed by atoms with E-state index in [0.717, 1.165) is 4.90 Å². The van der Waals surface area contributed by atoms with Crippen LogP contribution in [0.15, 0.2) is 78.9 Å². The van der Waals surface area contributed by atoms with Gasteiger partial charge in [0.25, 0.3) is 11.8 Å². The van der Waals surface area contributed by atoms with E-state index in [0.29, 0.717) is 28.0 Å². The van der Waals surface area contributed by atoms with Crippen LogP contribution in [0.3, 0.4) is 0 Å². The van der Waals surface area contributed by atoms with Gasteiger partial charge in [-0.25, -0.2) is 0 Å². The van der Waals surface area contributed by atoms with Gasteiger partial charge in [0, 0.05) is 11.1 Å². The van der Waals surface area contributed by atoms with Crippen molar-refractivity contribution in [1.82, 2.24) is 4.90 Å². The molecule has 4 rings (SSSR count). The summed E-state index contributed by atoms with van der Waals surface area (Å²) < 4.78 is 5.56. The average molecular weight is 401 g/mol. The molecule has 30 heavy (non-hydrogen) atoms. The first-order valence-corrected chi connectivity index (χ1v) is 9.50. The molecule has 1 N–H and O–H groups in total. The Labute approximate surface area is 173 Å². The number of nitrogens with zero attached hydrogens (tertiary/aromatic N) is 1. The van der Waals surface area contributed by atoms with Crippen LogP contribution in [0.4, 0.5) is 0 Å². The van der Waals surface area contributed by atoms with Gasteiger partial charge in [-0.15, -0.1) is 0 Å². The van der Waals surface area contributed by atoms with Crippen molar-refractivity contribution < 1.29 is 24.2 Å². The first-order valence-electron chi connectivity index (χ1n) is 9.50. The third-order valence-corrected chi connectivity index (χ3v) is 4.87. The number of carbonyl (C=O) groups is 3. The summed E-state index contributed by atoms with van der Waals surface area (Å²) in [6, 6.07) is 22.1. The van der Waals surface area contributed by atoms with Gasteiger partial charge in [-0.3, -0.25) is 19.3 Å². The van der Waals surface area contributed by atoms with E-state index in [-0.39, 0.29) is 18.9 Å². The summed E-state index contributed by atoms with van der Waals surface area (Å²) in [6.07, 6.45) is -1.04. The second-order valence-electron chi connectivity index (χ2n) is 6.95. The Morgan fingerprint density at radius 2 is 1.33 bits per heavy atom. The molecule has 3 aromatic carbocycles. The summed E-state index contributed by atoms with van der Waals surface area (Å²) >= 11 is 0. The van der Waals surface area contributed by atoms with Crippen molar-refractivity contribution in [3.05, 3.63) is 101 Å². The van der Waals surface area contributed by atoms with E-state index < -0.39 is 17.9 Å². The number of aliphatic hydroxyl groups excluding tert-OH is 1. The minimum atomic E-state index is -1.04. The Balaban J connectivity index is 1.33. The number of benzene rings is 3. The lowest BCUT2D eigenvalue weighted by Gasteiger charge is -2.19. The molecule has 1 aliphatic rings. The topological polar surface area (TPSA) is 83.9 Å². The van der Waals surface area contributed by atoms with Crippen molar-refractivity contribution in [2.24, 2.45) is 0 Å². The molecule has 3 aromatic rings. The number of hydrogen-bond donors (Lipinski definition) is 1. The fraction of sp³-hybridized carbons (Fsp3) is 0.125. The molecule has 2 amide bonds. The molecule has 1 aliphatic heterocycles. The van der Waals surface area contributed by atoms with Crippen LogP contribution in [0, 0.1) is 0 Å². The molecule has 0 bridgehead atoms. The van der Waals surface area contributed by atoms with E-state index in [1.165, 1.54) is 0 Å². The lowest BCUT2D eigenvalue weighted by atomic mass is 10.0. The molecule has 0 unspecified atom stereocenters. The number of aliphatic hydroxyl groups is 1. The molecule has 0 saturated carbocycles. The largest absolute Gasteiger partial charge is 0.491 e. The summed E-state index contributed by atoms with van der Waals surface area (Å²) in [6.45, 7) is -0.254. The Bertz CT molecular complexity index is 1060. The standard InChI is InChI=1S/C24H19NO5/c26-18(14-25-23(28)20-8-4-5-9-21(20)24(25)29)15-30-19-12-10-17(11-13-19)22(27)16-6-2-1-3-7-16/h1-13,18,26H,14-15H2/t18-/m0/s1. The smallest absolute Gasteiger partial charge is 0.261 e. The quantitative estimate of drug-likeness (QED) is 0.486. The van der Waals surface area contributed by atoms with Gasteiger partial charge in [0.1, 0.15) is 18.5 Å². The van der Waals surface area contributed by atoms with E-state index in [9.17, 15) is 19.5 Å². The van der Waals surface area contributed by atoms with E-state index >= 15 is 0 Å². The molecule has 150 valence electrons. The molecule has 1 heterocycles. The predicted molar refractivity (Wildman–Crippen MR) is 110 cm³/mol. The Morgan fingerprint density at radius 1 is 0.800 bits per heavy atom. The molecule has 6 heteroatoms. The molecule has 0 aliphatic carbocycles. The number of imide groups is 1. The van der Waals surface area contributed by atoms with Crippen LogP contribution >= 0.6 is 0 Å². The van der Waals surface area contributed by atoms with Crippen molar-refractivity contribution in [2.45, 2.75) is 6.10 Å². The summed E-state index contributed by atoms with van der Waals surface area (Å²) in [5, 5.41) is 10.3. The molecule has 0 radical (unpaired) electrons. The Kier molecular flexibility index (Phi) is 5.41. The van der Waals surface area contributed by atoms with Crippen molar-refractivity contribution in [3.63, 3.8) is 0 Å². The summed E-state index contributed by atoms with van der Waals surface area (Å²) in [5.74, 6) is -0.453. The maximum Gasteiger partial charge on any atom is 0.261 e. The molecule has 1 atom stereocenters. The highest BCUT2D eigenvalue weighted by molar-refractivity contribution is 6.21. The Morgan fingerprint density at radius 3 is 1.93 bits per heavy atom. The van der Waals surface area contributed by atoms with Crippen molar-refractivity contribution >= 4 is 17.6 Å². The third kappa shape index (κ3) is 3.86. The molecule has 0 saturated heterocycles. The van der Waals surface area contributed by atoms with Gasteiger partial charge in [0.05, 0.1) is 17.7 Å². The highest BCUT2D eigenvalue weighted by Gasteiger charge is 2.36. The Hall–Kier alpha value is -3.77. The van der Waals surface area contributed by atoms with E-state index in [2.05, 4.69) is 0 Å². The van der Waals surface area contributed by atoms with Crippen LogP contribution in [0.25, 0.3) is 0 Å². The molecule has 0 aromatic heterocycles. The van der Waals surface area contributed by atoms with Crippen LogP contribution in [0.5, 0.6) is 5.75 Å². The highest BCUT2D eigenvalue weighted by atomic mass is 16.5. The number of ether oxygens (including phenoxy) is 1. The lowest BCUT2D eigenvalue weighted by molar-refractivity contribution is 0.0457. The van der Waals surface area contributed by atoms with Crippen molar-refractivity contribution in [3.8, 4) is 5.75 Å². The number of amides is 2. The zero-order chi connectivity index (χ0) is 21.1. The highest BCUT2D eigenvalue weighted by Crippen LogP contribution is 2.22. The van der Waals surface area contributed by atoms with Gasteiger partial charge in [-0.05, 0) is 36.4 Å². The van der Waals surface area contributed by atoms with Crippen LogP contribution in [0.2, 0.25) is 0 Å². The van der Waals surface area contributed by atoms with Gasteiger partial charge in [-0.2, -0.15) is 0 Å². The summed E-state index contributed by atoms with van der Waals surface area (Å²) in [5.41, 5.74) is 1.81. The predicted octanol–water partition coefficient (Wildman–Crippen LogP) is 2.95. The monoisotopic (exact) mass is 401 g/mol. The summed E-state index contributed by atoms with van der Waals surface area (Å²) in [7, 11) is 0. The van der Waals surface area contributed by atoms with Crippen LogP contribution in [-0.4, -0.2) is 46.9 Å². The zero-order valence-corrected chi connectivity index (χ0v) is 16.0. The second kappa shape index (κ2) is 8.31. The van der Waals surface area contributed by atoms with Crippen molar-refractivity contribution in [2.75, 3.05) is 13.2 Å². The van der Waals surface area contributed by atoms with Gasteiger partial charge in [0.15, 0.2) is 5.78 Å². The molecular weight excluding hydrogens is 382 g/mol. The van der Waals surface area contributed by atoms with E-state index in [1.807, 2.05) is 6.07 Å². The van der Waals surface area contributed by atoms with E-state index in [1.54, 1.807) is 72.8 Å². The number of carbonyl (C=O) groups excluding carboxylic acids is 3. The van der Waals surface area contributed by atoms with Crippen LogP contribution in [0.1, 0.15) is 36.6 Å². The fourth-order valence-electron chi connectivity index (χ4n) is 3.32. The molecule has 6 nitrogen and oxygen atoms in total. The van der Waals surface area contributed by atoms with Gasteiger partial charge in [-0.1, -0.05) is 42.5 Å². The lowest BCUT2D eigenvalue weighted by Crippen LogP contribution is -2.39. The van der Waals surface area contributed by atoms with Gasteiger partial charge >= 0.3 is 0 Å². The molecular formula is C24H19NO5.